The van der Waals surface area contributed by atoms with Crippen molar-refractivity contribution in [3.63, 3.8) is 0 Å². The molecule has 3 aromatic rings. The highest BCUT2D eigenvalue weighted by atomic mass is 35.5. The first-order valence-electron chi connectivity index (χ1n) is 10.5. The van der Waals surface area contributed by atoms with Crippen LogP contribution in [0, 0.1) is 0 Å². The summed E-state index contributed by atoms with van der Waals surface area (Å²) in [5.74, 6) is 0.127. The Balaban J connectivity index is 1.44. The molecule has 0 spiro atoms. The molecule has 1 fully saturated rings. The summed E-state index contributed by atoms with van der Waals surface area (Å²) < 4.78 is 15.2. The highest BCUT2D eigenvalue weighted by Gasteiger charge is 2.73. The zero-order chi connectivity index (χ0) is 23.5. The fraction of sp³-hybridized carbons (Fsp3) is 0.231. The number of hydrogen-bond acceptors (Lipinski definition) is 5. The first kappa shape index (κ1) is 23.1. The van der Waals surface area contributed by atoms with Gasteiger partial charge in [-0.1, -0.05) is 65.7 Å². The van der Waals surface area contributed by atoms with Crippen LogP contribution in [-0.4, -0.2) is 22.9 Å². The Morgan fingerprint density at radius 1 is 0.909 bits per heavy atom. The molecule has 1 saturated carbocycles. The number of benzene rings is 3. The number of ether oxygens (including phenoxy) is 3. The molecule has 0 N–H and O–H groups in total. The van der Waals surface area contributed by atoms with Crippen LogP contribution in [0.3, 0.4) is 0 Å². The van der Waals surface area contributed by atoms with Gasteiger partial charge in [0.2, 0.25) is 0 Å². The van der Waals surface area contributed by atoms with Crippen LogP contribution < -0.4 is 9.47 Å². The summed E-state index contributed by atoms with van der Waals surface area (Å²) in [7, 11) is 0. The average Bonchev–Trinajstić information content (AvgIpc) is 3.42. The van der Waals surface area contributed by atoms with Crippen molar-refractivity contribution >= 4 is 35.1 Å². The molecular weight excluding hydrogens is 463 g/mol. The maximum absolute atomic E-state index is 13.1. The minimum absolute atomic E-state index is 0.0338. The van der Waals surface area contributed by atoms with Crippen molar-refractivity contribution in [2.75, 3.05) is 6.61 Å². The predicted octanol–water partition coefficient (Wildman–Crippen LogP) is 5.86. The molecule has 1 aliphatic rings. The van der Waals surface area contributed by atoms with Gasteiger partial charge in [0, 0.05) is 6.42 Å². The fourth-order valence-corrected chi connectivity index (χ4v) is 4.43. The Labute approximate surface area is 202 Å². The summed E-state index contributed by atoms with van der Waals surface area (Å²) >= 11 is 12.8. The summed E-state index contributed by atoms with van der Waals surface area (Å²) in [4.78, 5) is 25.5. The van der Waals surface area contributed by atoms with Crippen molar-refractivity contribution < 1.29 is 23.8 Å². The maximum Gasteiger partial charge on any atom is 0.343 e. The summed E-state index contributed by atoms with van der Waals surface area (Å²) in [5, 5.41) is 0. The first-order chi connectivity index (χ1) is 15.9. The van der Waals surface area contributed by atoms with Crippen LogP contribution in [0.1, 0.15) is 34.8 Å². The summed E-state index contributed by atoms with van der Waals surface area (Å²) in [6.45, 7) is 2.40. The molecule has 0 radical (unpaired) electrons. The molecule has 0 aliphatic heterocycles. The number of alkyl halides is 2. The van der Waals surface area contributed by atoms with Crippen LogP contribution >= 0.6 is 23.2 Å². The molecule has 1 atom stereocenters. The van der Waals surface area contributed by atoms with Gasteiger partial charge >= 0.3 is 11.9 Å². The second kappa shape index (κ2) is 9.46. The highest BCUT2D eigenvalue weighted by molar-refractivity contribution is 6.54. The van der Waals surface area contributed by atoms with Gasteiger partial charge in [-0.2, -0.15) is 0 Å². The van der Waals surface area contributed by atoms with Crippen LogP contribution in [0.25, 0.3) is 0 Å². The zero-order valence-electron chi connectivity index (χ0n) is 17.9. The van der Waals surface area contributed by atoms with E-state index in [2.05, 4.69) is 0 Å². The number of hydrogen-bond donors (Lipinski definition) is 0. The molecule has 0 amide bonds. The third kappa shape index (κ3) is 4.85. The lowest BCUT2D eigenvalue weighted by Crippen LogP contribution is -2.28. The van der Waals surface area contributed by atoms with E-state index in [0.29, 0.717) is 34.8 Å². The third-order valence-corrected chi connectivity index (χ3v) is 6.39. The van der Waals surface area contributed by atoms with Crippen molar-refractivity contribution in [1.82, 2.24) is 0 Å². The van der Waals surface area contributed by atoms with E-state index in [1.165, 1.54) is 0 Å². The molecule has 0 bridgehead atoms. The molecule has 1 unspecified atom stereocenters. The molecule has 1 aliphatic carbocycles. The Morgan fingerprint density at radius 2 is 1.61 bits per heavy atom. The van der Waals surface area contributed by atoms with Crippen LogP contribution in [0.5, 0.6) is 11.5 Å². The van der Waals surface area contributed by atoms with Crippen LogP contribution in [0.2, 0.25) is 0 Å². The Bertz CT molecular complexity index is 1140. The number of rotatable bonds is 8. The minimum Gasteiger partial charge on any atom is -0.494 e. The fourth-order valence-electron chi connectivity index (χ4n) is 3.66. The SMILES string of the molecule is CCOc1ccc(C2(C(=O)OCc3cccc(C(=O)Oc4ccccc4)c3)CC2(Cl)Cl)cc1. The van der Waals surface area contributed by atoms with E-state index < -0.39 is 21.7 Å². The normalized spacial score (nSPS) is 18.3. The lowest BCUT2D eigenvalue weighted by molar-refractivity contribution is -0.148. The molecule has 0 aromatic heterocycles. The zero-order valence-corrected chi connectivity index (χ0v) is 19.4. The van der Waals surface area contributed by atoms with Gasteiger partial charge in [-0.05, 0) is 54.4 Å². The molecule has 5 nitrogen and oxygen atoms in total. The van der Waals surface area contributed by atoms with Gasteiger partial charge in [-0.3, -0.25) is 4.79 Å². The second-order valence-electron chi connectivity index (χ2n) is 7.72. The third-order valence-electron chi connectivity index (χ3n) is 5.48. The molecule has 3 aromatic carbocycles. The van der Waals surface area contributed by atoms with Gasteiger partial charge in [0.15, 0.2) is 0 Å². The van der Waals surface area contributed by atoms with Gasteiger partial charge in [-0.25, -0.2) is 4.79 Å². The Hall–Kier alpha value is -3.02. The van der Waals surface area contributed by atoms with E-state index in [9.17, 15) is 9.59 Å². The van der Waals surface area contributed by atoms with E-state index >= 15 is 0 Å². The van der Waals surface area contributed by atoms with E-state index in [1.54, 1.807) is 72.8 Å². The smallest absolute Gasteiger partial charge is 0.343 e. The van der Waals surface area contributed by atoms with Gasteiger partial charge in [-0.15, -0.1) is 0 Å². The lowest BCUT2D eigenvalue weighted by atomic mass is 9.96. The van der Waals surface area contributed by atoms with E-state index in [0.717, 1.165) is 0 Å². The predicted molar refractivity (Wildman–Crippen MR) is 126 cm³/mol. The van der Waals surface area contributed by atoms with Crippen molar-refractivity contribution in [2.45, 2.75) is 29.7 Å². The second-order valence-corrected chi connectivity index (χ2v) is 9.21. The van der Waals surface area contributed by atoms with Crippen molar-refractivity contribution in [1.29, 1.82) is 0 Å². The number of esters is 2. The maximum atomic E-state index is 13.1. The standard InChI is InChI=1S/C26H22Cl2O5/c1-2-31-21-13-11-20(12-14-21)25(17-26(25,27)28)24(30)32-16-18-7-6-8-19(15-18)23(29)33-22-9-4-3-5-10-22/h3-15H,2,16-17H2,1H3. The first-order valence-corrected chi connectivity index (χ1v) is 11.3. The lowest BCUT2D eigenvalue weighted by Gasteiger charge is -2.18. The largest absolute Gasteiger partial charge is 0.494 e. The molecule has 7 heteroatoms. The van der Waals surface area contributed by atoms with E-state index in [1.807, 2.05) is 13.0 Å². The highest BCUT2D eigenvalue weighted by Crippen LogP contribution is 2.65. The van der Waals surface area contributed by atoms with Gasteiger partial charge < -0.3 is 14.2 Å². The quantitative estimate of drug-likeness (QED) is 0.227. The summed E-state index contributed by atoms with van der Waals surface area (Å²) in [5.41, 5.74) is 0.512. The monoisotopic (exact) mass is 484 g/mol. The molecule has 0 heterocycles. The van der Waals surface area contributed by atoms with Crippen LogP contribution in [0.15, 0.2) is 78.9 Å². The Kier molecular flexibility index (Phi) is 6.63. The van der Waals surface area contributed by atoms with Crippen molar-refractivity contribution in [2.24, 2.45) is 0 Å². The van der Waals surface area contributed by atoms with Gasteiger partial charge in [0.05, 0.1) is 12.2 Å². The number of carbonyl (C=O) groups is 2. The molecule has 33 heavy (non-hydrogen) atoms. The number of para-hydroxylation sites is 1. The molecular formula is C26H22Cl2O5. The molecule has 0 saturated heterocycles. The molecule has 4 rings (SSSR count). The van der Waals surface area contributed by atoms with Gasteiger partial charge in [0.1, 0.15) is 27.9 Å². The van der Waals surface area contributed by atoms with Gasteiger partial charge in [0.25, 0.3) is 0 Å². The van der Waals surface area contributed by atoms with Crippen LogP contribution in [-0.2, 0) is 21.6 Å². The average molecular weight is 485 g/mol. The number of carbonyl (C=O) groups excluding carboxylic acids is 2. The molecule has 170 valence electrons. The topological polar surface area (TPSA) is 61.8 Å². The van der Waals surface area contributed by atoms with Crippen molar-refractivity contribution in [3.8, 4) is 11.5 Å². The number of halogens is 2. The Morgan fingerprint density at radius 3 is 2.24 bits per heavy atom. The van der Waals surface area contributed by atoms with Crippen molar-refractivity contribution in [3.05, 3.63) is 95.6 Å². The minimum atomic E-state index is -1.25. The van der Waals surface area contributed by atoms with E-state index in [4.69, 9.17) is 37.4 Å². The summed E-state index contributed by atoms with van der Waals surface area (Å²) in [6.07, 6.45) is 0.249. The summed E-state index contributed by atoms with van der Waals surface area (Å²) in [6, 6.07) is 22.6. The van der Waals surface area contributed by atoms with Crippen LogP contribution in [0.4, 0.5) is 0 Å². The van der Waals surface area contributed by atoms with E-state index in [-0.39, 0.29) is 13.0 Å².